The van der Waals surface area contributed by atoms with Gasteiger partial charge in [-0.1, -0.05) is 12.1 Å². The summed E-state index contributed by atoms with van der Waals surface area (Å²) in [5.74, 6) is -0.551. The Kier molecular flexibility index (Phi) is 4.97. The maximum absolute atomic E-state index is 12.1. The Hall–Kier alpha value is -2.45. The number of halogens is 3. The number of nitrogens with zero attached hydrogens (tertiary/aromatic N) is 1. The van der Waals surface area contributed by atoms with Gasteiger partial charge in [0.15, 0.2) is 0 Å². The first-order valence-electron chi connectivity index (χ1n) is 6.85. The average molecular weight is 332 g/mol. The molecule has 1 unspecified atom stereocenters. The molecule has 1 aliphatic rings. The first-order chi connectivity index (χ1) is 10.7. The molecule has 0 saturated carbocycles. The zero-order chi connectivity index (χ0) is 17.0. The lowest BCUT2D eigenvalue weighted by atomic mass is 10.1. The van der Waals surface area contributed by atoms with Gasteiger partial charge in [-0.05, 0) is 24.1 Å². The molecule has 1 fully saturated rings. The number of ether oxygens (including phenoxy) is 1. The Bertz CT molecular complexity index is 574. The van der Waals surface area contributed by atoms with Crippen molar-refractivity contribution in [2.24, 2.45) is 0 Å². The number of nitrogens with one attached hydrogen (secondary N) is 1. The normalized spacial score (nSPS) is 17.9. The molecule has 1 heterocycles. The molecule has 0 aliphatic carbocycles. The van der Waals surface area contributed by atoms with Crippen molar-refractivity contribution in [3.63, 3.8) is 0 Å². The number of carboxylic acid groups (broad SMARTS) is 1. The summed E-state index contributed by atoms with van der Waals surface area (Å²) >= 11 is 0. The summed E-state index contributed by atoms with van der Waals surface area (Å²) in [6.07, 6.45) is -5.31. The minimum absolute atomic E-state index is 0.0338. The minimum atomic E-state index is -4.75. The molecule has 2 N–H and O–H groups in total. The van der Waals surface area contributed by atoms with Crippen LogP contribution in [0, 0.1) is 0 Å². The van der Waals surface area contributed by atoms with E-state index >= 15 is 0 Å². The van der Waals surface area contributed by atoms with Crippen LogP contribution in [-0.2, 0) is 11.2 Å². The largest absolute Gasteiger partial charge is 0.573 e. The van der Waals surface area contributed by atoms with E-state index in [0.717, 1.165) is 12.1 Å². The second-order valence-corrected chi connectivity index (χ2v) is 5.14. The third-order valence-corrected chi connectivity index (χ3v) is 3.38. The van der Waals surface area contributed by atoms with Gasteiger partial charge in [0.1, 0.15) is 5.75 Å². The van der Waals surface area contributed by atoms with Crippen molar-refractivity contribution in [2.75, 3.05) is 13.1 Å². The Morgan fingerprint density at radius 1 is 1.30 bits per heavy atom. The quantitative estimate of drug-likeness (QED) is 0.884. The van der Waals surface area contributed by atoms with Gasteiger partial charge in [-0.2, -0.15) is 0 Å². The zero-order valence-electron chi connectivity index (χ0n) is 12.0. The van der Waals surface area contributed by atoms with Crippen LogP contribution in [-0.4, -0.2) is 47.5 Å². The fraction of sp³-hybridized carbons (Fsp3) is 0.429. The fourth-order valence-corrected chi connectivity index (χ4v) is 2.37. The Morgan fingerprint density at radius 2 is 1.96 bits per heavy atom. The van der Waals surface area contributed by atoms with Crippen molar-refractivity contribution in [1.29, 1.82) is 0 Å². The summed E-state index contributed by atoms with van der Waals surface area (Å²) in [6, 6.07) is 4.78. The third-order valence-electron chi connectivity index (χ3n) is 3.38. The lowest BCUT2D eigenvalue weighted by molar-refractivity contribution is -0.274. The molecule has 126 valence electrons. The molecule has 0 aromatic heterocycles. The summed E-state index contributed by atoms with van der Waals surface area (Å²) < 4.78 is 39.9. The van der Waals surface area contributed by atoms with E-state index in [9.17, 15) is 22.8 Å². The van der Waals surface area contributed by atoms with Gasteiger partial charge >= 0.3 is 12.5 Å². The lowest BCUT2D eigenvalue weighted by Crippen LogP contribution is -2.38. The molecule has 6 nitrogen and oxygen atoms in total. The molecule has 1 atom stereocenters. The molecule has 1 aromatic carbocycles. The maximum atomic E-state index is 12.1. The highest BCUT2D eigenvalue weighted by Crippen LogP contribution is 2.23. The first kappa shape index (κ1) is 16.9. The predicted molar refractivity (Wildman–Crippen MR) is 73.0 cm³/mol. The third kappa shape index (κ3) is 5.35. The van der Waals surface area contributed by atoms with Crippen LogP contribution >= 0.6 is 0 Å². The second-order valence-electron chi connectivity index (χ2n) is 5.14. The van der Waals surface area contributed by atoms with E-state index in [2.05, 4.69) is 10.1 Å². The molecule has 0 radical (unpaired) electrons. The van der Waals surface area contributed by atoms with Crippen molar-refractivity contribution in [3.8, 4) is 5.75 Å². The Balaban J connectivity index is 1.87. The van der Waals surface area contributed by atoms with Crippen molar-refractivity contribution in [2.45, 2.75) is 25.2 Å². The standard InChI is InChI=1S/C14H15F3N2O4/c15-14(16,17)23-11-3-1-9(2-4-11)7-12(20)19-6-5-10(8-19)18-13(21)22/h1-4,10,18H,5-8H2,(H,21,22). The van der Waals surface area contributed by atoms with Crippen LogP contribution in [0.15, 0.2) is 24.3 Å². The second kappa shape index (κ2) is 6.76. The van der Waals surface area contributed by atoms with Crippen LogP contribution in [0.25, 0.3) is 0 Å². The van der Waals surface area contributed by atoms with E-state index in [-0.39, 0.29) is 24.1 Å². The molecule has 0 spiro atoms. The van der Waals surface area contributed by atoms with Gasteiger partial charge in [-0.15, -0.1) is 13.2 Å². The fourth-order valence-electron chi connectivity index (χ4n) is 2.37. The number of carbonyl (C=O) groups excluding carboxylic acids is 1. The number of hydrogen-bond acceptors (Lipinski definition) is 3. The average Bonchev–Trinajstić information content (AvgIpc) is 2.87. The number of alkyl halides is 3. The smallest absolute Gasteiger partial charge is 0.465 e. The molecule has 0 bridgehead atoms. The Labute approximate surface area is 129 Å². The maximum Gasteiger partial charge on any atom is 0.573 e. The van der Waals surface area contributed by atoms with E-state index < -0.39 is 12.5 Å². The Morgan fingerprint density at radius 3 is 2.52 bits per heavy atom. The molecule has 1 saturated heterocycles. The highest BCUT2D eigenvalue weighted by molar-refractivity contribution is 5.79. The highest BCUT2D eigenvalue weighted by atomic mass is 19.4. The van der Waals surface area contributed by atoms with Crippen molar-refractivity contribution in [3.05, 3.63) is 29.8 Å². The van der Waals surface area contributed by atoms with Crippen LogP contribution in [0.4, 0.5) is 18.0 Å². The first-order valence-corrected chi connectivity index (χ1v) is 6.85. The molecule has 2 rings (SSSR count). The van der Waals surface area contributed by atoms with Crippen molar-refractivity contribution in [1.82, 2.24) is 10.2 Å². The van der Waals surface area contributed by atoms with E-state index in [0.29, 0.717) is 25.1 Å². The van der Waals surface area contributed by atoms with Gasteiger partial charge in [0.25, 0.3) is 0 Å². The van der Waals surface area contributed by atoms with Crippen molar-refractivity contribution >= 4 is 12.0 Å². The van der Waals surface area contributed by atoms with Crippen LogP contribution in [0.2, 0.25) is 0 Å². The number of benzene rings is 1. The predicted octanol–water partition coefficient (Wildman–Crippen LogP) is 2.00. The summed E-state index contributed by atoms with van der Waals surface area (Å²) in [4.78, 5) is 24.2. The summed E-state index contributed by atoms with van der Waals surface area (Å²) in [5.41, 5.74) is 0.555. The summed E-state index contributed by atoms with van der Waals surface area (Å²) in [6.45, 7) is 0.736. The molecule has 1 aromatic rings. The summed E-state index contributed by atoms with van der Waals surface area (Å²) in [7, 11) is 0. The van der Waals surface area contributed by atoms with Crippen molar-refractivity contribution < 1.29 is 32.6 Å². The topological polar surface area (TPSA) is 78.9 Å². The molecule has 2 amide bonds. The van der Waals surface area contributed by atoms with Gasteiger partial charge in [0, 0.05) is 13.1 Å². The number of amides is 2. The van der Waals surface area contributed by atoms with Gasteiger partial charge < -0.3 is 20.1 Å². The van der Waals surface area contributed by atoms with Gasteiger partial charge in [0.2, 0.25) is 5.91 Å². The minimum Gasteiger partial charge on any atom is -0.465 e. The van der Waals surface area contributed by atoms with Crippen LogP contribution in [0.1, 0.15) is 12.0 Å². The number of rotatable bonds is 4. The number of hydrogen-bond donors (Lipinski definition) is 2. The van der Waals surface area contributed by atoms with E-state index in [1.54, 1.807) is 0 Å². The summed E-state index contributed by atoms with van der Waals surface area (Å²) in [5, 5.41) is 11.0. The van der Waals surface area contributed by atoms with E-state index in [4.69, 9.17) is 5.11 Å². The van der Waals surface area contributed by atoms with Crippen LogP contribution < -0.4 is 10.1 Å². The van der Waals surface area contributed by atoms with Crippen LogP contribution in [0.5, 0.6) is 5.75 Å². The van der Waals surface area contributed by atoms with Gasteiger partial charge in [-0.3, -0.25) is 4.79 Å². The number of likely N-dealkylation sites (tertiary alicyclic amines) is 1. The van der Waals surface area contributed by atoms with Gasteiger partial charge in [0.05, 0.1) is 12.5 Å². The van der Waals surface area contributed by atoms with E-state index in [1.807, 2.05) is 0 Å². The monoisotopic (exact) mass is 332 g/mol. The molecular weight excluding hydrogens is 317 g/mol. The highest BCUT2D eigenvalue weighted by Gasteiger charge is 2.31. The molecule has 1 aliphatic heterocycles. The van der Waals surface area contributed by atoms with Gasteiger partial charge in [-0.25, -0.2) is 4.79 Å². The lowest BCUT2D eigenvalue weighted by Gasteiger charge is -2.16. The molecule has 23 heavy (non-hydrogen) atoms. The number of carbonyl (C=O) groups is 2. The molecular formula is C14H15F3N2O4. The molecule has 9 heteroatoms. The zero-order valence-corrected chi connectivity index (χ0v) is 12.0. The van der Waals surface area contributed by atoms with E-state index in [1.165, 1.54) is 17.0 Å². The van der Waals surface area contributed by atoms with Crippen LogP contribution in [0.3, 0.4) is 0 Å². The SMILES string of the molecule is O=C(O)NC1CCN(C(=O)Cc2ccc(OC(F)(F)F)cc2)C1.